The number of fused-ring (bicyclic) bond motifs is 1. The van der Waals surface area contributed by atoms with Gasteiger partial charge in [0.1, 0.15) is 0 Å². The highest BCUT2D eigenvalue weighted by Crippen LogP contribution is 2.36. The van der Waals surface area contributed by atoms with Crippen LogP contribution in [0.1, 0.15) is 53.4 Å². The molecule has 176 valence electrons. The van der Waals surface area contributed by atoms with Crippen LogP contribution in [0.15, 0.2) is 67.0 Å². The summed E-state index contributed by atoms with van der Waals surface area (Å²) in [5, 5.41) is 0.688. The topological polar surface area (TPSA) is 73.8 Å². The second-order valence-electron chi connectivity index (χ2n) is 8.74. The van der Waals surface area contributed by atoms with Gasteiger partial charge in [0.2, 0.25) is 5.95 Å². The zero-order valence-electron chi connectivity index (χ0n) is 18.9. The lowest BCUT2D eigenvalue weighted by Gasteiger charge is -2.22. The van der Waals surface area contributed by atoms with Gasteiger partial charge >= 0.3 is 6.18 Å². The van der Waals surface area contributed by atoms with E-state index in [0.717, 1.165) is 23.2 Å². The third-order valence-corrected chi connectivity index (χ3v) is 5.88. The van der Waals surface area contributed by atoms with Crippen molar-refractivity contribution in [2.45, 2.75) is 38.8 Å². The van der Waals surface area contributed by atoms with Crippen molar-refractivity contribution < 1.29 is 18.0 Å². The summed E-state index contributed by atoms with van der Waals surface area (Å²) in [5.41, 5.74) is 7.68. The molecule has 4 rings (SSSR count). The van der Waals surface area contributed by atoms with E-state index < -0.39 is 17.6 Å². The largest absolute Gasteiger partial charge is 0.416 e. The summed E-state index contributed by atoms with van der Waals surface area (Å²) in [6, 6.07) is 14.3. The van der Waals surface area contributed by atoms with Crippen LogP contribution in [-0.2, 0) is 12.6 Å². The van der Waals surface area contributed by atoms with Gasteiger partial charge < -0.3 is 5.73 Å². The molecule has 0 spiro atoms. The number of carbonyl (C=O) groups excluding carboxylic acids is 1. The summed E-state index contributed by atoms with van der Waals surface area (Å²) in [5.74, 6) is -0.0456. The van der Waals surface area contributed by atoms with Crippen molar-refractivity contribution in [1.29, 1.82) is 0 Å². The van der Waals surface area contributed by atoms with E-state index >= 15 is 0 Å². The lowest BCUT2D eigenvalue weighted by atomic mass is 9.85. The molecule has 0 bridgehead atoms. The number of alkyl halides is 3. The lowest BCUT2D eigenvalue weighted by molar-refractivity contribution is -0.137. The number of hydrogen-bond donors (Lipinski definition) is 1. The molecule has 8 heteroatoms. The number of primary amides is 1. The lowest BCUT2D eigenvalue weighted by Crippen LogP contribution is -2.18. The number of benzene rings is 2. The van der Waals surface area contributed by atoms with Crippen LogP contribution in [0.3, 0.4) is 0 Å². The van der Waals surface area contributed by atoms with Crippen molar-refractivity contribution in [1.82, 2.24) is 14.5 Å². The molecule has 0 aliphatic rings. The minimum Gasteiger partial charge on any atom is -0.366 e. The van der Waals surface area contributed by atoms with E-state index in [2.05, 4.69) is 23.8 Å². The van der Waals surface area contributed by atoms with E-state index in [-0.39, 0.29) is 11.8 Å². The fraction of sp³-hybridized carbons (Fsp3) is 0.269. The van der Waals surface area contributed by atoms with Gasteiger partial charge in [-0.05, 0) is 54.5 Å². The summed E-state index contributed by atoms with van der Waals surface area (Å²) in [4.78, 5) is 21.4. The maximum atomic E-state index is 13.1. The maximum Gasteiger partial charge on any atom is 0.416 e. The predicted octanol–water partition coefficient (Wildman–Crippen LogP) is 5.91. The van der Waals surface area contributed by atoms with Crippen molar-refractivity contribution in [3.8, 4) is 5.95 Å². The molecule has 34 heavy (non-hydrogen) atoms. The Hall–Kier alpha value is -3.68. The number of aromatic nitrogens is 3. The van der Waals surface area contributed by atoms with Gasteiger partial charge in [-0.1, -0.05) is 44.2 Å². The van der Waals surface area contributed by atoms with Gasteiger partial charge in [0.05, 0.1) is 16.6 Å². The number of nitrogens with two attached hydrogens (primary N) is 1. The summed E-state index contributed by atoms with van der Waals surface area (Å²) in [6.45, 7) is 4.11. The number of carbonyl (C=O) groups is 1. The van der Waals surface area contributed by atoms with Crippen molar-refractivity contribution in [3.05, 3.63) is 89.4 Å². The fourth-order valence-electron chi connectivity index (χ4n) is 4.48. The Balaban J connectivity index is 1.88. The molecule has 0 saturated heterocycles. The fourth-order valence-corrected chi connectivity index (χ4v) is 4.48. The van der Waals surface area contributed by atoms with Gasteiger partial charge in [0, 0.05) is 23.5 Å². The molecule has 2 N–H and O–H groups in total. The Morgan fingerprint density at radius 2 is 1.65 bits per heavy atom. The summed E-state index contributed by atoms with van der Waals surface area (Å²) >= 11 is 0. The Labute approximate surface area is 195 Å². The van der Waals surface area contributed by atoms with Gasteiger partial charge in [0.25, 0.3) is 5.91 Å². The smallest absolute Gasteiger partial charge is 0.366 e. The number of para-hydroxylation sites is 1. The Kier molecular flexibility index (Phi) is 6.41. The molecule has 2 aromatic heterocycles. The summed E-state index contributed by atoms with van der Waals surface area (Å²) in [7, 11) is 0. The average Bonchev–Trinajstić information content (AvgIpc) is 3.12. The molecule has 1 atom stereocenters. The molecule has 4 aromatic rings. The van der Waals surface area contributed by atoms with Crippen LogP contribution in [0.4, 0.5) is 13.2 Å². The van der Waals surface area contributed by atoms with Crippen LogP contribution in [0, 0.1) is 5.92 Å². The maximum absolute atomic E-state index is 13.1. The first kappa shape index (κ1) is 23.5. The van der Waals surface area contributed by atoms with E-state index in [9.17, 15) is 18.0 Å². The van der Waals surface area contributed by atoms with E-state index in [1.807, 2.05) is 28.8 Å². The summed E-state index contributed by atoms with van der Waals surface area (Å²) in [6.07, 6.45) is -0.0731. The normalized spacial score (nSPS) is 12.9. The molecule has 0 saturated carbocycles. The first-order valence-corrected chi connectivity index (χ1v) is 11.0. The van der Waals surface area contributed by atoms with Crippen molar-refractivity contribution in [3.63, 3.8) is 0 Å². The molecule has 5 nitrogen and oxygen atoms in total. The summed E-state index contributed by atoms with van der Waals surface area (Å²) < 4.78 is 41.2. The van der Waals surface area contributed by atoms with Gasteiger partial charge in [-0.3, -0.25) is 9.36 Å². The first-order valence-electron chi connectivity index (χ1n) is 11.0. The zero-order chi connectivity index (χ0) is 24.5. The third-order valence-electron chi connectivity index (χ3n) is 5.88. The standard InChI is InChI=1S/C26H25F3N4O/c1-16(2)14-18(17-8-10-19(11-9-17)26(27,28)29)15-22-23(24(30)34)20-6-3-4-7-21(20)33(22)25-31-12-5-13-32-25/h3-13,16,18H,14-15H2,1-2H3,(H2,30,34). The van der Waals surface area contributed by atoms with Crippen LogP contribution in [0.2, 0.25) is 0 Å². The van der Waals surface area contributed by atoms with Crippen LogP contribution >= 0.6 is 0 Å². The van der Waals surface area contributed by atoms with E-state index in [0.29, 0.717) is 35.4 Å². The van der Waals surface area contributed by atoms with Crippen LogP contribution in [0.5, 0.6) is 0 Å². The second kappa shape index (κ2) is 9.29. The van der Waals surface area contributed by atoms with Crippen LogP contribution in [-0.4, -0.2) is 20.4 Å². The molecule has 1 unspecified atom stereocenters. The number of rotatable bonds is 7. The molecule has 0 radical (unpaired) electrons. The Morgan fingerprint density at radius 1 is 1.00 bits per heavy atom. The molecule has 2 heterocycles. The minimum atomic E-state index is -4.40. The van der Waals surface area contributed by atoms with Gasteiger partial charge in [0.15, 0.2) is 0 Å². The van der Waals surface area contributed by atoms with Crippen LogP contribution in [0.25, 0.3) is 16.9 Å². The molecule has 1 amide bonds. The number of hydrogen-bond acceptors (Lipinski definition) is 3. The average molecular weight is 467 g/mol. The van der Waals surface area contributed by atoms with E-state index in [4.69, 9.17) is 5.73 Å². The van der Waals surface area contributed by atoms with Crippen LogP contribution < -0.4 is 5.73 Å². The van der Waals surface area contributed by atoms with Gasteiger partial charge in [-0.15, -0.1) is 0 Å². The van der Waals surface area contributed by atoms with E-state index in [1.165, 1.54) is 12.1 Å². The van der Waals surface area contributed by atoms with Crippen molar-refractivity contribution in [2.75, 3.05) is 0 Å². The second-order valence-corrected chi connectivity index (χ2v) is 8.74. The molecule has 0 fully saturated rings. The molecular formula is C26H25F3N4O. The van der Waals surface area contributed by atoms with Crippen molar-refractivity contribution >= 4 is 16.8 Å². The number of halogens is 3. The number of nitrogens with zero attached hydrogens (tertiary/aromatic N) is 3. The highest BCUT2D eigenvalue weighted by atomic mass is 19.4. The highest BCUT2D eigenvalue weighted by Gasteiger charge is 2.31. The Bertz CT molecular complexity index is 1300. The quantitative estimate of drug-likeness (QED) is 0.368. The zero-order valence-corrected chi connectivity index (χ0v) is 18.9. The third kappa shape index (κ3) is 4.66. The monoisotopic (exact) mass is 466 g/mol. The molecular weight excluding hydrogens is 441 g/mol. The van der Waals surface area contributed by atoms with E-state index in [1.54, 1.807) is 18.5 Å². The molecule has 0 aliphatic carbocycles. The first-order chi connectivity index (χ1) is 16.2. The number of amides is 1. The molecule has 2 aromatic carbocycles. The SMILES string of the molecule is CC(C)CC(Cc1c(C(N)=O)c2ccccc2n1-c1ncccn1)c1ccc(C(F)(F)F)cc1. The van der Waals surface area contributed by atoms with Crippen molar-refractivity contribution in [2.24, 2.45) is 11.7 Å². The Morgan fingerprint density at radius 3 is 2.24 bits per heavy atom. The predicted molar refractivity (Wildman–Crippen MR) is 125 cm³/mol. The minimum absolute atomic E-state index is 0.146. The molecule has 0 aliphatic heterocycles. The van der Waals surface area contributed by atoms with Gasteiger partial charge in [-0.2, -0.15) is 13.2 Å². The van der Waals surface area contributed by atoms with Gasteiger partial charge in [-0.25, -0.2) is 9.97 Å². The highest BCUT2D eigenvalue weighted by molar-refractivity contribution is 6.08.